The van der Waals surface area contributed by atoms with Crippen LogP contribution in [0.15, 0.2) is 91.0 Å². The van der Waals surface area contributed by atoms with E-state index in [1.54, 1.807) is 56.9 Å². The van der Waals surface area contributed by atoms with Crippen LogP contribution in [0, 0.1) is 5.92 Å². The molecule has 0 aromatic heterocycles. The summed E-state index contributed by atoms with van der Waals surface area (Å²) >= 11 is 0. The Morgan fingerprint density at radius 3 is 1.94 bits per heavy atom. The number of nitrogens with one attached hydrogen (secondary N) is 4. The van der Waals surface area contributed by atoms with Crippen LogP contribution in [0.1, 0.15) is 87.3 Å². The van der Waals surface area contributed by atoms with Crippen LogP contribution in [0.4, 0.5) is 4.79 Å². The first-order valence-electron chi connectivity index (χ1n) is 17.8. The van der Waals surface area contributed by atoms with Crippen molar-refractivity contribution in [2.45, 2.75) is 95.6 Å². The average molecular weight is 696 g/mol. The minimum absolute atomic E-state index is 0.127. The lowest BCUT2D eigenvalue weighted by atomic mass is 9.92. The summed E-state index contributed by atoms with van der Waals surface area (Å²) < 4.78 is 5.37. The largest absolute Gasteiger partial charge is 0.444 e. The van der Waals surface area contributed by atoms with E-state index in [0.29, 0.717) is 31.2 Å². The molecule has 0 radical (unpaired) electrons. The number of carbonyl (C=O) groups excluding carboxylic acids is 5. The molecule has 3 aromatic rings. The van der Waals surface area contributed by atoms with E-state index in [-0.39, 0.29) is 36.7 Å². The summed E-state index contributed by atoms with van der Waals surface area (Å²) in [4.78, 5) is 69.9. The monoisotopic (exact) mass is 695 g/mol. The molecule has 2 aliphatic rings. The highest BCUT2D eigenvalue weighted by Crippen LogP contribution is 2.35. The molecule has 2 heterocycles. The molecule has 2 aliphatic heterocycles. The van der Waals surface area contributed by atoms with Crippen molar-refractivity contribution >= 4 is 29.7 Å². The number of fused-ring (bicyclic) bond motifs is 1. The van der Waals surface area contributed by atoms with Gasteiger partial charge >= 0.3 is 6.09 Å². The number of nitrogens with zero attached hydrogens (tertiary/aromatic N) is 1. The van der Waals surface area contributed by atoms with Crippen molar-refractivity contribution in [3.8, 4) is 0 Å². The maximum Gasteiger partial charge on any atom is 0.408 e. The highest BCUT2D eigenvalue weighted by atomic mass is 16.6. The zero-order chi connectivity index (χ0) is 36.5. The molecule has 11 nitrogen and oxygen atoms in total. The molecular weight excluding hydrogens is 646 g/mol. The molecule has 5 atom stereocenters. The maximum atomic E-state index is 14.7. The van der Waals surface area contributed by atoms with Crippen molar-refractivity contribution in [1.82, 2.24) is 26.2 Å². The molecule has 51 heavy (non-hydrogen) atoms. The molecule has 0 saturated carbocycles. The Hall–Kier alpha value is -5.19. The van der Waals surface area contributed by atoms with Gasteiger partial charge in [0.25, 0.3) is 5.91 Å². The molecule has 5 amide bonds. The third kappa shape index (κ3) is 9.53. The molecule has 11 heteroatoms. The highest BCUT2D eigenvalue weighted by molar-refractivity contribution is 5.96. The summed E-state index contributed by atoms with van der Waals surface area (Å²) in [5, 5.41) is 11.7. The van der Waals surface area contributed by atoms with E-state index in [1.165, 1.54) is 0 Å². The van der Waals surface area contributed by atoms with Gasteiger partial charge in [0.15, 0.2) is 0 Å². The summed E-state index contributed by atoms with van der Waals surface area (Å²) in [5.74, 6) is -1.97. The van der Waals surface area contributed by atoms with Crippen LogP contribution in [-0.4, -0.2) is 70.9 Å². The van der Waals surface area contributed by atoms with Gasteiger partial charge < -0.3 is 30.9 Å². The fourth-order valence-corrected chi connectivity index (χ4v) is 6.95. The average Bonchev–Trinajstić information content (AvgIpc) is 3.51. The minimum atomic E-state index is -1.06. The van der Waals surface area contributed by atoms with E-state index in [4.69, 9.17) is 4.74 Å². The van der Waals surface area contributed by atoms with E-state index in [0.717, 1.165) is 11.1 Å². The Kier molecular flexibility index (Phi) is 12.1. The SMILES string of the molecule is CC[C@H](NC(=O)OC(C)(C)C)C(=O)N[C@@H]1C(=O)N2[C@@H](CC[C@@H]1CNC(=O)c1ccccc1)CC[C@H]2C(=O)NC(c1ccccc1)c1ccccc1. The van der Waals surface area contributed by atoms with Crippen molar-refractivity contribution in [3.05, 3.63) is 108 Å². The lowest BCUT2D eigenvalue weighted by Crippen LogP contribution is -2.59. The summed E-state index contributed by atoms with van der Waals surface area (Å²) in [6.07, 6.45) is 1.74. The van der Waals surface area contributed by atoms with Crippen molar-refractivity contribution in [3.63, 3.8) is 0 Å². The fourth-order valence-electron chi connectivity index (χ4n) is 6.95. The Balaban J connectivity index is 1.39. The normalized spacial score (nSPS) is 20.8. The number of amides is 5. The molecule has 4 N–H and O–H groups in total. The number of hydrogen-bond donors (Lipinski definition) is 4. The van der Waals surface area contributed by atoms with Crippen molar-refractivity contribution in [1.29, 1.82) is 0 Å². The number of hydrogen-bond acceptors (Lipinski definition) is 6. The third-order valence-corrected chi connectivity index (χ3v) is 9.49. The van der Waals surface area contributed by atoms with E-state index >= 15 is 0 Å². The minimum Gasteiger partial charge on any atom is -0.444 e. The van der Waals surface area contributed by atoms with E-state index < -0.39 is 47.7 Å². The second-order valence-corrected chi connectivity index (χ2v) is 14.3. The number of rotatable bonds is 11. The summed E-state index contributed by atoms with van der Waals surface area (Å²) in [6.45, 7) is 7.07. The quantitative estimate of drug-likeness (QED) is 0.225. The molecular formula is C40H49N5O6. The van der Waals surface area contributed by atoms with Gasteiger partial charge in [-0.05, 0) is 76.1 Å². The fraction of sp³-hybridized carbons (Fsp3) is 0.425. The van der Waals surface area contributed by atoms with Crippen molar-refractivity contribution in [2.75, 3.05) is 6.54 Å². The molecule has 0 unspecified atom stereocenters. The second kappa shape index (κ2) is 16.7. The summed E-state index contributed by atoms with van der Waals surface area (Å²) in [5.41, 5.74) is 1.54. The number of benzene rings is 3. The van der Waals surface area contributed by atoms with Crippen LogP contribution in [-0.2, 0) is 19.1 Å². The van der Waals surface area contributed by atoms with Gasteiger partial charge in [-0.15, -0.1) is 0 Å². The van der Waals surface area contributed by atoms with Gasteiger partial charge in [-0.25, -0.2) is 4.79 Å². The first-order valence-corrected chi connectivity index (χ1v) is 17.8. The van der Waals surface area contributed by atoms with E-state index in [2.05, 4.69) is 21.3 Å². The molecule has 3 aromatic carbocycles. The smallest absolute Gasteiger partial charge is 0.408 e. The van der Waals surface area contributed by atoms with Gasteiger partial charge in [0, 0.05) is 24.1 Å². The molecule has 2 fully saturated rings. The summed E-state index contributed by atoms with van der Waals surface area (Å²) in [6, 6.07) is 24.7. The molecule has 2 saturated heterocycles. The lowest BCUT2D eigenvalue weighted by molar-refractivity contribution is -0.143. The molecule has 270 valence electrons. The van der Waals surface area contributed by atoms with Crippen LogP contribution < -0.4 is 21.3 Å². The van der Waals surface area contributed by atoms with Gasteiger partial charge in [-0.1, -0.05) is 85.8 Å². The standard InChI is InChI=1S/C40H49N5O6/c1-5-31(42-39(50)51-40(2,3)4)36(47)44-34-29(25-41-35(46)28-19-13-8-14-20-28)21-22-30-23-24-32(45(30)38(34)49)37(48)43-33(26-15-9-6-10-16-26)27-17-11-7-12-18-27/h6-20,29-34H,5,21-25H2,1-4H3,(H,41,46)(H,42,50)(H,43,48)(H,44,47)/t29-,30+,31+,32+,34+/m1/s1. The second-order valence-electron chi connectivity index (χ2n) is 14.3. The van der Waals surface area contributed by atoms with Crippen molar-refractivity contribution in [2.24, 2.45) is 5.92 Å². The van der Waals surface area contributed by atoms with E-state index in [9.17, 15) is 24.0 Å². The predicted octanol–water partition coefficient (Wildman–Crippen LogP) is 4.88. The number of alkyl carbamates (subject to hydrolysis) is 1. The van der Waals surface area contributed by atoms with Gasteiger partial charge in [0.1, 0.15) is 23.7 Å². The Bertz CT molecular complexity index is 1620. The first kappa shape index (κ1) is 37.1. The summed E-state index contributed by atoms with van der Waals surface area (Å²) in [7, 11) is 0. The van der Waals surface area contributed by atoms with Gasteiger partial charge in [-0.3, -0.25) is 19.2 Å². The molecule has 0 spiro atoms. The zero-order valence-corrected chi connectivity index (χ0v) is 29.8. The number of carbonyl (C=O) groups is 5. The predicted molar refractivity (Wildman–Crippen MR) is 193 cm³/mol. The molecule has 0 aliphatic carbocycles. The Morgan fingerprint density at radius 1 is 0.804 bits per heavy atom. The van der Waals surface area contributed by atoms with Crippen molar-refractivity contribution < 1.29 is 28.7 Å². The molecule has 0 bridgehead atoms. The topological polar surface area (TPSA) is 146 Å². The molecule has 5 rings (SSSR count). The van der Waals surface area contributed by atoms with Crippen LogP contribution in [0.2, 0.25) is 0 Å². The Labute approximate surface area is 299 Å². The highest BCUT2D eigenvalue weighted by Gasteiger charge is 2.48. The van der Waals surface area contributed by atoms with Crippen LogP contribution >= 0.6 is 0 Å². The zero-order valence-electron chi connectivity index (χ0n) is 29.8. The van der Waals surface area contributed by atoms with E-state index in [1.807, 2.05) is 66.7 Å². The maximum absolute atomic E-state index is 14.7. The van der Waals surface area contributed by atoms with Gasteiger partial charge in [-0.2, -0.15) is 0 Å². The third-order valence-electron chi connectivity index (χ3n) is 9.49. The van der Waals surface area contributed by atoms with Crippen LogP contribution in [0.5, 0.6) is 0 Å². The van der Waals surface area contributed by atoms with Gasteiger partial charge in [0.2, 0.25) is 17.7 Å². The Morgan fingerprint density at radius 2 is 1.37 bits per heavy atom. The number of ether oxygens (including phenoxy) is 1. The van der Waals surface area contributed by atoms with Crippen LogP contribution in [0.3, 0.4) is 0 Å². The first-order chi connectivity index (χ1) is 24.4. The van der Waals surface area contributed by atoms with Gasteiger partial charge in [0.05, 0.1) is 6.04 Å². The lowest BCUT2D eigenvalue weighted by Gasteiger charge is -2.33. The van der Waals surface area contributed by atoms with Crippen LogP contribution in [0.25, 0.3) is 0 Å².